The van der Waals surface area contributed by atoms with E-state index in [2.05, 4.69) is 17.2 Å². The van der Waals surface area contributed by atoms with Gasteiger partial charge in [0.1, 0.15) is 11.6 Å². The fourth-order valence-electron chi connectivity index (χ4n) is 2.00. The Balaban J connectivity index is 2.05. The first kappa shape index (κ1) is 14.3. The molecule has 0 amide bonds. The third-order valence-corrected chi connectivity index (χ3v) is 3.05. The fourth-order valence-corrected chi connectivity index (χ4v) is 2.00. The lowest BCUT2D eigenvalue weighted by Gasteiger charge is -2.19. The first-order valence-corrected chi connectivity index (χ1v) is 6.84. The molecule has 0 aliphatic heterocycles. The lowest BCUT2D eigenvalue weighted by Crippen LogP contribution is -2.16. The molecule has 0 atom stereocenters. The number of benzene rings is 1. The number of halogens is 1. The average molecular weight is 273 g/mol. The Morgan fingerprint density at radius 2 is 2.10 bits per heavy atom. The van der Waals surface area contributed by atoms with E-state index in [9.17, 15) is 4.39 Å². The van der Waals surface area contributed by atoms with Crippen molar-refractivity contribution in [3.05, 3.63) is 54.0 Å². The Bertz CT molecular complexity index is 557. The third-order valence-electron chi connectivity index (χ3n) is 3.05. The first-order valence-electron chi connectivity index (χ1n) is 6.84. The standard InChI is InChI=1S/C16H20FN3/c1-3-8-18-16-10-13(7-9-19-16)12-20(2)15-6-4-5-14(17)11-15/h4-7,9-11H,3,8,12H2,1-2H3,(H,18,19). The lowest BCUT2D eigenvalue weighted by molar-refractivity contribution is 0.627. The summed E-state index contributed by atoms with van der Waals surface area (Å²) >= 11 is 0. The molecule has 0 bridgehead atoms. The Kier molecular flexibility index (Phi) is 4.93. The van der Waals surface area contributed by atoms with Crippen molar-refractivity contribution >= 4 is 11.5 Å². The summed E-state index contributed by atoms with van der Waals surface area (Å²) in [6.07, 6.45) is 2.86. The Hall–Kier alpha value is -2.10. The van der Waals surface area contributed by atoms with Gasteiger partial charge in [-0.25, -0.2) is 9.37 Å². The molecular formula is C16H20FN3. The molecule has 1 N–H and O–H groups in total. The molecule has 4 heteroatoms. The molecule has 1 aromatic heterocycles. The Labute approximate surface area is 119 Å². The van der Waals surface area contributed by atoms with Crippen LogP contribution < -0.4 is 10.2 Å². The topological polar surface area (TPSA) is 28.2 Å². The zero-order valence-corrected chi connectivity index (χ0v) is 11.9. The number of hydrogen-bond donors (Lipinski definition) is 1. The summed E-state index contributed by atoms with van der Waals surface area (Å²) in [6.45, 7) is 3.75. The van der Waals surface area contributed by atoms with Gasteiger partial charge in [0.25, 0.3) is 0 Å². The second-order valence-corrected chi connectivity index (χ2v) is 4.81. The van der Waals surface area contributed by atoms with Crippen molar-refractivity contribution in [2.75, 3.05) is 23.8 Å². The van der Waals surface area contributed by atoms with Gasteiger partial charge >= 0.3 is 0 Å². The maximum Gasteiger partial charge on any atom is 0.126 e. The molecule has 0 unspecified atom stereocenters. The van der Waals surface area contributed by atoms with Crippen LogP contribution in [0.25, 0.3) is 0 Å². The van der Waals surface area contributed by atoms with Gasteiger partial charge in [-0.15, -0.1) is 0 Å². The van der Waals surface area contributed by atoms with Crippen LogP contribution in [0.1, 0.15) is 18.9 Å². The number of nitrogens with one attached hydrogen (secondary N) is 1. The largest absolute Gasteiger partial charge is 0.370 e. The molecular weight excluding hydrogens is 253 g/mol. The zero-order valence-electron chi connectivity index (χ0n) is 11.9. The molecule has 0 saturated heterocycles. The molecule has 0 aliphatic rings. The van der Waals surface area contributed by atoms with E-state index in [0.29, 0.717) is 6.54 Å². The van der Waals surface area contributed by atoms with Crippen molar-refractivity contribution < 1.29 is 4.39 Å². The third kappa shape index (κ3) is 3.95. The molecule has 0 fully saturated rings. The van der Waals surface area contributed by atoms with Crippen LogP contribution >= 0.6 is 0 Å². The van der Waals surface area contributed by atoms with Gasteiger partial charge in [0.15, 0.2) is 0 Å². The minimum Gasteiger partial charge on any atom is -0.370 e. The van der Waals surface area contributed by atoms with E-state index in [1.165, 1.54) is 12.1 Å². The van der Waals surface area contributed by atoms with Gasteiger partial charge in [0.05, 0.1) is 0 Å². The van der Waals surface area contributed by atoms with Crippen molar-refractivity contribution in [3.8, 4) is 0 Å². The molecule has 3 nitrogen and oxygen atoms in total. The smallest absolute Gasteiger partial charge is 0.126 e. The number of anilines is 2. The summed E-state index contributed by atoms with van der Waals surface area (Å²) in [5.41, 5.74) is 2.01. The Morgan fingerprint density at radius 3 is 2.85 bits per heavy atom. The normalized spacial score (nSPS) is 10.3. The summed E-state index contributed by atoms with van der Waals surface area (Å²) in [5, 5.41) is 3.27. The van der Waals surface area contributed by atoms with Crippen LogP contribution in [0.2, 0.25) is 0 Å². The molecule has 20 heavy (non-hydrogen) atoms. The van der Waals surface area contributed by atoms with Gasteiger partial charge in [-0.1, -0.05) is 13.0 Å². The van der Waals surface area contributed by atoms with Crippen LogP contribution in [0.5, 0.6) is 0 Å². The van der Waals surface area contributed by atoms with E-state index in [1.807, 2.05) is 30.1 Å². The molecule has 1 aromatic carbocycles. The van der Waals surface area contributed by atoms with Gasteiger partial charge in [-0.2, -0.15) is 0 Å². The predicted octanol–water partition coefficient (Wildman–Crippen LogP) is 3.68. The maximum absolute atomic E-state index is 13.2. The maximum atomic E-state index is 13.2. The SMILES string of the molecule is CCCNc1cc(CN(C)c2cccc(F)c2)ccn1. The second kappa shape index (κ2) is 6.89. The number of rotatable bonds is 6. The van der Waals surface area contributed by atoms with Crippen LogP contribution in [0.4, 0.5) is 15.9 Å². The first-order chi connectivity index (χ1) is 9.69. The van der Waals surface area contributed by atoms with E-state index in [0.717, 1.165) is 30.0 Å². The summed E-state index contributed by atoms with van der Waals surface area (Å²) in [5.74, 6) is 0.673. The fraction of sp³-hybridized carbons (Fsp3) is 0.312. The number of hydrogen-bond acceptors (Lipinski definition) is 3. The summed E-state index contributed by atoms with van der Waals surface area (Å²) in [4.78, 5) is 6.30. The second-order valence-electron chi connectivity index (χ2n) is 4.81. The van der Waals surface area contributed by atoms with Crippen LogP contribution in [0.15, 0.2) is 42.6 Å². The van der Waals surface area contributed by atoms with Crippen LogP contribution in [0.3, 0.4) is 0 Å². The summed E-state index contributed by atoms with van der Waals surface area (Å²) in [7, 11) is 1.95. The predicted molar refractivity (Wildman–Crippen MR) is 81.5 cm³/mol. The van der Waals surface area contributed by atoms with Gasteiger partial charge in [-0.05, 0) is 42.3 Å². The monoisotopic (exact) mass is 273 g/mol. The summed E-state index contributed by atoms with van der Waals surface area (Å²) < 4.78 is 13.2. The molecule has 1 heterocycles. The minimum atomic E-state index is -0.214. The lowest BCUT2D eigenvalue weighted by atomic mass is 10.2. The van der Waals surface area contributed by atoms with Crippen molar-refractivity contribution in [1.82, 2.24) is 4.98 Å². The number of aromatic nitrogens is 1. The molecule has 0 spiro atoms. The van der Waals surface area contributed by atoms with Crippen LogP contribution in [-0.4, -0.2) is 18.6 Å². The van der Waals surface area contributed by atoms with Crippen LogP contribution in [0, 0.1) is 5.82 Å². The van der Waals surface area contributed by atoms with Crippen molar-refractivity contribution in [2.24, 2.45) is 0 Å². The highest BCUT2D eigenvalue weighted by atomic mass is 19.1. The highest BCUT2D eigenvalue weighted by Gasteiger charge is 2.04. The van der Waals surface area contributed by atoms with Gasteiger partial charge in [0, 0.05) is 32.0 Å². The van der Waals surface area contributed by atoms with Crippen molar-refractivity contribution in [3.63, 3.8) is 0 Å². The molecule has 2 rings (SSSR count). The molecule has 0 radical (unpaired) electrons. The highest BCUT2D eigenvalue weighted by molar-refractivity contribution is 5.47. The molecule has 106 valence electrons. The van der Waals surface area contributed by atoms with Crippen molar-refractivity contribution in [2.45, 2.75) is 19.9 Å². The van der Waals surface area contributed by atoms with E-state index < -0.39 is 0 Å². The molecule has 0 aliphatic carbocycles. The molecule has 2 aromatic rings. The van der Waals surface area contributed by atoms with Gasteiger partial charge in [-0.3, -0.25) is 0 Å². The summed E-state index contributed by atoms with van der Waals surface area (Å²) in [6, 6.07) is 10.6. The number of pyridine rings is 1. The van der Waals surface area contributed by atoms with E-state index >= 15 is 0 Å². The quantitative estimate of drug-likeness (QED) is 0.870. The van der Waals surface area contributed by atoms with Crippen molar-refractivity contribution in [1.29, 1.82) is 0 Å². The average Bonchev–Trinajstić information content (AvgIpc) is 2.45. The van der Waals surface area contributed by atoms with E-state index in [1.54, 1.807) is 12.3 Å². The van der Waals surface area contributed by atoms with Gasteiger partial charge < -0.3 is 10.2 Å². The number of nitrogens with zero attached hydrogens (tertiary/aromatic N) is 2. The van der Waals surface area contributed by atoms with Gasteiger partial charge in [0.2, 0.25) is 0 Å². The highest BCUT2D eigenvalue weighted by Crippen LogP contribution is 2.17. The van der Waals surface area contributed by atoms with E-state index in [-0.39, 0.29) is 5.82 Å². The zero-order chi connectivity index (χ0) is 14.4. The molecule has 0 saturated carbocycles. The Morgan fingerprint density at radius 1 is 1.25 bits per heavy atom. The minimum absolute atomic E-state index is 0.214. The van der Waals surface area contributed by atoms with Crippen LogP contribution in [-0.2, 0) is 6.54 Å². The van der Waals surface area contributed by atoms with E-state index in [4.69, 9.17) is 0 Å².